The van der Waals surface area contributed by atoms with Gasteiger partial charge < -0.3 is 19.3 Å². The van der Waals surface area contributed by atoms with E-state index >= 15 is 0 Å². The van der Waals surface area contributed by atoms with Gasteiger partial charge >= 0.3 is 6.18 Å². The summed E-state index contributed by atoms with van der Waals surface area (Å²) in [4.78, 5) is 5.04. The Morgan fingerprint density at radius 2 is 1.77 bits per heavy atom. The molecule has 35 heavy (non-hydrogen) atoms. The van der Waals surface area contributed by atoms with E-state index in [1.54, 1.807) is 7.11 Å². The molecule has 1 aromatic carbocycles. The molecule has 1 N–H and O–H groups in total. The fourth-order valence-electron chi connectivity index (χ4n) is 6.00. The Morgan fingerprint density at radius 1 is 1.11 bits per heavy atom. The number of methoxy groups -OCH3 is 1. The van der Waals surface area contributed by atoms with Gasteiger partial charge in [-0.1, -0.05) is 26.0 Å². The number of aliphatic hydroxyl groups is 1. The predicted octanol–water partition coefficient (Wildman–Crippen LogP) is 5.94. The van der Waals surface area contributed by atoms with E-state index in [0.717, 1.165) is 40.2 Å². The third-order valence-electron chi connectivity index (χ3n) is 7.75. The zero-order valence-corrected chi connectivity index (χ0v) is 20.5. The monoisotopic (exact) mass is 491 g/mol. The van der Waals surface area contributed by atoms with E-state index in [1.165, 1.54) is 12.1 Å². The summed E-state index contributed by atoms with van der Waals surface area (Å²) in [6, 6.07) is 5.15. The number of rotatable bonds is 3. The molecule has 0 bridgehead atoms. The van der Waals surface area contributed by atoms with Crippen LogP contribution in [-0.4, -0.2) is 30.4 Å². The molecule has 2 aromatic rings. The van der Waals surface area contributed by atoms with Crippen LogP contribution in [-0.2, 0) is 32.4 Å². The molecule has 0 radical (unpaired) electrons. The van der Waals surface area contributed by atoms with Crippen LogP contribution in [0, 0.1) is 5.41 Å². The van der Waals surface area contributed by atoms with Crippen molar-refractivity contribution >= 4 is 0 Å². The summed E-state index contributed by atoms with van der Waals surface area (Å²) in [5, 5.41) is 11.4. The molecular weight excluding hydrogens is 459 g/mol. The zero-order chi connectivity index (χ0) is 25.2. The van der Waals surface area contributed by atoms with Gasteiger partial charge in [-0.25, -0.2) is 0 Å². The number of halogens is 3. The lowest BCUT2D eigenvalue weighted by Gasteiger charge is -2.40. The van der Waals surface area contributed by atoms with Crippen molar-refractivity contribution in [3.8, 4) is 0 Å². The summed E-state index contributed by atoms with van der Waals surface area (Å²) in [6.07, 6.45) is -3.56. The first kappa shape index (κ1) is 24.7. The van der Waals surface area contributed by atoms with Gasteiger partial charge in [-0.2, -0.15) is 13.2 Å². The van der Waals surface area contributed by atoms with Gasteiger partial charge in [0.25, 0.3) is 0 Å². The Morgan fingerprint density at radius 3 is 2.37 bits per heavy atom. The minimum Gasteiger partial charge on any atom is -0.388 e. The van der Waals surface area contributed by atoms with Gasteiger partial charge in [-0.15, -0.1) is 0 Å². The topological polar surface area (TPSA) is 60.8 Å². The highest BCUT2D eigenvalue weighted by Crippen LogP contribution is 2.57. The van der Waals surface area contributed by atoms with Crippen molar-refractivity contribution in [3.05, 3.63) is 63.5 Å². The van der Waals surface area contributed by atoms with Crippen LogP contribution in [0.15, 0.2) is 24.3 Å². The second-order valence-electron chi connectivity index (χ2n) is 10.8. The number of ether oxygens (including phenoxy) is 3. The lowest BCUT2D eigenvalue weighted by molar-refractivity contribution is -0.137. The average molecular weight is 492 g/mol. The van der Waals surface area contributed by atoms with Crippen molar-refractivity contribution in [3.63, 3.8) is 0 Å². The van der Waals surface area contributed by atoms with Crippen LogP contribution in [0.5, 0.6) is 0 Å². The average Bonchev–Trinajstić information content (AvgIpc) is 3.11. The molecule has 2 aliphatic heterocycles. The van der Waals surface area contributed by atoms with Gasteiger partial charge in [0.05, 0.1) is 29.1 Å². The van der Waals surface area contributed by atoms with Crippen molar-refractivity contribution in [2.24, 2.45) is 5.41 Å². The van der Waals surface area contributed by atoms with E-state index in [9.17, 15) is 18.3 Å². The van der Waals surface area contributed by atoms with Crippen molar-refractivity contribution in [1.29, 1.82) is 0 Å². The maximum atomic E-state index is 13.2. The lowest BCUT2D eigenvalue weighted by atomic mass is 9.70. The molecule has 3 aliphatic rings. The highest BCUT2D eigenvalue weighted by Gasteiger charge is 2.52. The molecule has 5 nitrogen and oxygen atoms in total. The van der Waals surface area contributed by atoms with E-state index in [2.05, 4.69) is 13.8 Å². The van der Waals surface area contributed by atoms with Crippen molar-refractivity contribution < 1.29 is 32.5 Å². The second kappa shape index (κ2) is 8.54. The number of pyridine rings is 1. The summed E-state index contributed by atoms with van der Waals surface area (Å²) in [5.74, 6) is 0. The van der Waals surface area contributed by atoms with E-state index in [1.807, 2.05) is 6.92 Å². The van der Waals surface area contributed by atoms with Crippen molar-refractivity contribution in [2.75, 3.05) is 20.3 Å². The summed E-state index contributed by atoms with van der Waals surface area (Å²) in [7, 11) is 1.62. The van der Waals surface area contributed by atoms with Crippen LogP contribution >= 0.6 is 0 Å². The maximum Gasteiger partial charge on any atom is 0.416 e. The van der Waals surface area contributed by atoms with Crippen molar-refractivity contribution in [2.45, 2.75) is 76.5 Å². The minimum absolute atomic E-state index is 0.115. The van der Waals surface area contributed by atoms with Crippen LogP contribution in [0.1, 0.15) is 97.6 Å². The standard InChI is InChI=1S/C27H32F3NO4/c1-15(33-4)23-21-22(20-18(31-23)13-25(2,3)14-19(20)32)26(9-11-34-12-10-26)35-24(21)16-5-7-17(8-6-16)27(28,29)30/h5-8,15,19,24,32H,9-14H2,1-4H3. The highest BCUT2D eigenvalue weighted by molar-refractivity contribution is 5.54. The highest BCUT2D eigenvalue weighted by atomic mass is 19.4. The Balaban J connectivity index is 1.75. The Hall–Kier alpha value is -2.00. The molecule has 1 spiro atoms. The molecule has 1 saturated heterocycles. The van der Waals surface area contributed by atoms with Gasteiger partial charge in [0.1, 0.15) is 6.10 Å². The van der Waals surface area contributed by atoms with Crippen LogP contribution in [0.2, 0.25) is 0 Å². The van der Waals surface area contributed by atoms with E-state index in [0.29, 0.717) is 44.5 Å². The van der Waals surface area contributed by atoms with Crippen molar-refractivity contribution in [1.82, 2.24) is 4.98 Å². The molecule has 3 unspecified atom stereocenters. The Kier molecular flexibility index (Phi) is 6.02. The number of fused-ring (bicyclic) bond motifs is 4. The van der Waals surface area contributed by atoms with Gasteiger partial charge in [-0.05, 0) is 48.4 Å². The molecule has 0 amide bonds. The number of aliphatic hydroxyl groups excluding tert-OH is 1. The number of hydrogen-bond donors (Lipinski definition) is 1. The van der Waals surface area contributed by atoms with E-state index < -0.39 is 29.5 Å². The van der Waals surface area contributed by atoms with E-state index in [-0.39, 0.29) is 11.5 Å². The SMILES string of the molecule is COC(C)c1nc2c(c3c1C(c1ccc(C(F)(F)F)cc1)OC31CCOCC1)C(O)CC(C)(C)C2. The van der Waals surface area contributed by atoms with Gasteiger partial charge in [0, 0.05) is 50.0 Å². The van der Waals surface area contributed by atoms with Gasteiger partial charge in [0.2, 0.25) is 0 Å². The predicted molar refractivity (Wildman–Crippen MR) is 123 cm³/mol. The fraction of sp³-hybridized carbons (Fsp3) is 0.593. The van der Waals surface area contributed by atoms with Crippen LogP contribution < -0.4 is 0 Å². The summed E-state index contributed by atoms with van der Waals surface area (Å²) < 4.78 is 57.9. The minimum atomic E-state index is -4.41. The maximum absolute atomic E-state index is 13.2. The summed E-state index contributed by atoms with van der Waals surface area (Å²) >= 11 is 0. The van der Waals surface area contributed by atoms with Crippen LogP contribution in [0.4, 0.5) is 13.2 Å². The normalized spacial score (nSPS) is 25.8. The first-order valence-electron chi connectivity index (χ1n) is 12.2. The molecule has 8 heteroatoms. The van der Waals surface area contributed by atoms with Crippen LogP contribution in [0.25, 0.3) is 0 Å². The molecule has 3 atom stereocenters. The second-order valence-corrected chi connectivity index (χ2v) is 10.8. The Bertz CT molecular complexity index is 1110. The number of alkyl halides is 3. The molecule has 1 aromatic heterocycles. The van der Waals surface area contributed by atoms with E-state index in [4.69, 9.17) is 19.2 Å². The number of hydrogen-bond acceptors (Lipinski definition) is 5. The largest absolute Gasteiger partial charge is 0.416 e. The van der Waals surface area contributed by atoms with Crippen LogP contribution in [0.3, 0.4) is 0 Å². The molecular formula is C27H32F3NO4. The first-order chi connectivity index (χ1) is 16.5. The molecule has 190 valence electrons. The molecule has 3 heterocycles. The molecule has 1 aliphatic carbocycles. The first-order valence-corrected chi connectivity index (χ1v) is 12.2. The number of aromatic nitrogens is 1. The third-order valence-corrected chi connectivity index (χ3v) is 7.75. The fourth-order valence-corrected chi connectivity index (χ4v) is 6.00. The van der Waals surface area contributed by atoms with Gasteiger partial charge in [0.15, 0.2) is 0 Å². The van der Waals surface area contributed by atoms with Gasteiger partial charge in [-0.3, -0.25) is 4.98 Å². The quantitative estimate of drug-likeness (QED) is 0.576. The molecule has 1 fully saturated rings. The lowest BCUT2D eigenvalue weighted by Crippen LogP contribution is -2.37. The summed E-state index contributed by atoms with van der Waals surface area (Å²) in [5.41, 5.74) is 3.27. The molecule has 0 saturated carbocycles. The Labute approximate surface area is 203 Å². The summed E-state index contributed by atoms with van der Waals surface area (Å²) in [6.45, 7) is 7.18. The zero-order valence-electron chi connectivity index (χ0n) is 20.5. The number of benzene rings is 1. The third kappa shape index (κ3) is 4.18. The molecule has 5 rings (SSSR count). The smallest absolute Gasteiger partial charge is 0.388 e. The number of nitrogens with zero attached hydrogens (tertiary/aromatic N) is 1.